The van der Waals surface area contributed by atoms with Crippen LogP contribution in [-0.4, -0.2) is 26.3 Å². The summed E-state index contributed by atoms with van der Waals surface area (Å²) in [5.41, 5.74) is 1.11. The van der Waals surface area contributed by atoms with Gasteiger partial charge in [0.25, 0.3) is 0 Å². The molecule has 84 valence electrons. The van der Waals surface area contributed by atoms with E-state index in [0.717, 1.165) is 30.2 Å². The average molecular weight is 217 g/mol. The van der Waals surface area contributed by atoms with Crippen LogP contribution in [0, 0.1) is 6.92 Å². The molecule has 16 heavy (non-hydrogen) atoms. The zero-order valence-electron chi connectivity index (χ0n) is 9.51. The van der Waals surface area contributed by atoms with Crippen LogP contribution in [0.1, 0.15) is 18.9 Å². The number of anilines is 1. The maximum Gasteiger partial charge on any atom is 0.158 e. The van der Waals surface area contributed by atoms with Gasteiger partial charge in [0, 0.05) is 18.8 Å². The Labute approximate surface area is 94.5 Å². The van der Waals surface area contributed by atoms with E-state index < -0.39 is 0 Å². The highest BCUT2D eigenvalue weighted by molar-refractivity contribution is 5.40. The van der Waals surface area contributed by atoms with Gasteiger partial charge in [-0.25, -0.2) is 14.6 Å². The molecular formula is C11H15N5. The first-order chi connectivity index (χ1) is 7.79. The van der Waals surface area contributed by atoms with Gasteiger partial charge in [0.2, 0.25) is 0 Å². The number of nitrogens with one attached hydrogen (secondary N) is 1. The maximum atomic E-state index is 4.21. The zero-order valence-corrected chi connectivity index (χ0v) is 9.51. The fourth-order valence-electron chi connectivity index (χ4n) is 1.36. The van der Waals surface area contributed by atoms with Crippen LogP contribution >= 0.6 is 0 Å². The molecule has 2 aromatic heterocycles. The Morgan fingerprint density at radius 3 is 2.94 bits per heavy atom. The first kappa shape index (κ1) is 10.6. The molecular weight excluding hydrogens is 202 g/mol. The minimum atomic E-state index is 0.779. The highest BCUT2D eigenvalue weighted by Gasteiger charge is 2.01. The van der Waals surface area contributed by atoms with Gasteiger partial charge in [-0.3, -0.25) is 0 Å². The molecule has 2 rings (SSSR count). The van der Waals surface area contributed by atoms with Crippen molar-refractivity contribution in [3.05, 3.63) is 30.4 Å². The lowest BCUT2D eigenvalue weighted by atomic mass is 10.4. The third-order valence-electron chi connectivity index (χ3n) is 2.16. The molecule has 0 aliphatic rings. The molecule has 0 aliphatic carbocycles. The molecule has 5 heteroatoms. The number of aryl methyl sites for hydroxylation is 1. The van der Waals surface area contributed by atoms with Gasteiger partial charge in [0.15, 0.2) is 5.82 Å². The Morgan fingerprint density at radius 1 is 1.38 bits per heavy atom. The number of aromatic nitrogens is 4. The van der Waals surface area contributed by atoms with Crippen LogP contribution in [0.5, 0.6) is 0 Å². The molecule has 5 nitrogen and oxygen atoms in total. The van der Waals surface area contributed by atoms with Crippen molar-refractivity contribution in [1.29, 1.82) is 0 Å². The van der Waals surface area contributed by atoms with Crippen molar-refractivity contribution < 1.29 is 0 Å². The molecule has 0 saturated carbocycles. The molecule has 2 heterocycles. The third-order valence-corrected chi connectivity index (χ3v) is 2.16. The molecule has 0 aromatic carbocycles. The van der Waals surface area contributed by atoms with Crippen LogP contribution < -0.4 is 5.32 Å². The lowest BCUT2D eigenvalue weighted by Crippen LogP contribution is -2.05. The summed E-state index contributed by atoms with van der Waals surface area (Å²) in [4.78, 5) is 8.33. The van der Waals surface area contributed by atoms with Gasteiger partial charge >= 0.3 is 0 Å². The molecule has 0 saturated heterocycles. The molecule has 0 radical (unpaired) electrons. The molecule has 2 aromatic rings. The fraction of sp³-hybridized carbons (Fsp3) is 0.364. The summed E-state index contributed by atoms with van der Waals surface area (Å²) in [5, 5.41) is 7.43. The number of hydrogen-bond donors (Lipinski definition) is 1. The van der Waals surface area contributed by atoms with Crippen LogP contribution in [-0.2, 0) is 0 Å². The number of rotatable bonds is 4. The highest BCUT2D eigenvalue weighted by Crippen LogP contribution is 2.08. The van der Waals surface area contributed by atoms with Gasteiger partial charge in [-0.1, -0.05) is 6.92 Å². The van der Waals surface area contributed by atoms with Gasteiger partial charge in [-0.15, -0.1) is 0 Å². The van der Waals surface area contributed by atoms with E-state index in [9.17, 15) is 0 Å². The Balaban J connectivity index is 2.22. The van der Waals surface area contributed by atoms with Crippen molar-refractivity contribution in [1.82, 2.24) is 19.7 Å². The van der Waals surface area contributed by atoms with Crippen LogP contribution in [0.25, 0.3) is 5.82 Å². The molecule has 0 spiro atoms. The van der Waals surface area contributed by atoms with Gasteiger partial charge in [-0.05, 0) is 18.9 Å². The van der Waals surface area contributed by atoms with E-state index in [2.05, 4.69) is 27.3 Å². The van der Waals surface area contributed by atoms with Gasteiger partial charge in [-0.2, -0.15) is 5.10 Å². The summed E-state index contributed by atoms with van der Waals surface area (Å²) in [6.45, 7) is 5.03. The van der Waals surface area contributed by atoms with Crippen molar-refractivity contribution in [3.63, 3.8) is 0 Å². The molecule has 0 fully saturated rings. The van der Waals surface area contributed by atoms with E-state index in [4.69, 9.17) is 0 Å². The Hall–Kier alpha value is -1.91. The van der Waals surface area contributed by atoms with Crippen molar-refractivity contribution in [2.45, 2.75) is 20.3 Å². The summed E-state index contributed by atoms with van der Waals surface area (Å²) < 4.78 is 1.74. The summed E-state index contributed by atoms with van der Waals surface area (Å²) >= 11 is 0. The molecule has 0 unspecified atom stereocenters. The summed E-state index contributed by atoms with van der Waals surface area (Å²) in [6, 6.07) is 1.89. The van der Waals surface area contributed by atoms with E-state index in [1.807, 2.05) is 19.2 Å². The second kappa shape index (κ2) is 4.74. The first-order valence-electron chi connectivity index (χ1n) is 5.37. The normalized spacial score (nSPS) is 10.4. The quantitative estimate of drug-likeness (QED) is 0.848. The predicted molar refractivity (Wildman–Crippen MR) is 62.7 cm³/mol. The fourth-order valence-corrected chi connectivity index (χ4v) is 1.36. The second-order valence-electron chi connectivity index (χ2n) is 3.65. The minimum absolute atomic E-state index is 0.779. The van der Waals surface area contributed by atoms with Crippen LogP contribution in [0.15, 0.2) is 24.8 Å². The lowest BCUT2D eigenvalue weighted by molar-refractivity contribution is 0.838. The predicted octanol–water partition coefficient (Wildman–Crippen LogP) is 1.79. The first-order valence-corrected chi connectivity index (χ1v) is 5.37. The van der Waals surface area contributed by atoms with E-state index in [1.165, 1.54) is 0 Å². The number of nitrogens with zero attached hydrogens (tertiary/aromatic N) is 4. The third kappa shape index (κ3) is 2.36. The van der Waals surface area contributed by atoms with E-state index in [-0.39, 0.29) is 0 Å². The van der Waals surface area contributed by atoms with Crippen molar-refractivity contribution in [3.8, 4) is 5.82 Å². The minimum Gasteiger partial charge on any atom is -0.370 e. The Morgan fingerprint density at radius 2 is 2.25 bits per heavy atom. The summed E-state index contributed by atoms with van der Waals surface area (Å²) in [5.74, 6) is 1.61. The maximum absolute atomic E-state index is 4.21. The Bertz CT molecular complexity index is 463. The standard InChI is InChI=1S/C11H15N5/c1-3-4-12-10-5-11(14-8-13-10)16-7-9(2)6-15-16/h5-8H,3-4H2,1-2H3,(H,12,13,14). The van der Waals surface area contributed by atoms with Gasteiger partial charge in [0.1, 0.15) is 12.1 Å². The zero-order chi connectivity index (χ0) is 11.4. The smallest absolute Gasteiger partial charge is 0.158 e. The van der Waals surface area contributed by atoms with E-state index >= 15 is 0 Å². The SMILES string of the molecule is CCCNc1cc(-n2cc(C)cn2)ncn1. The van der Waals surface area contributed by atoms with Gasteiger partial charge < -0.3 is 5.32 Å². The van der Waals surface area contributed by atoms with Crippen LogP contribution in [0.4, 0.5) is 5.82 Å². The largest absolute Gasteiger partial charge is 0.370 e. The van der Waals surface area contributed by atoms with Crippen LogP contribution in [0.2, 0.25) is 0 Å². The van der Waals surface area contributed by atoms with E-state index in [0.29, 0.717) is 0 Å². The molecule has 0 atom stereocenters. The highest BCUT2D eigenvalue weighted by atomic mass is 15.3. The van der Waals surface area contributed by atoms with Crippen LogP contribution in [0.3, 0.4) is 0 Å². The summed E-state index contributed by atoms with van der Waals surface area (Å²) in [7, 11) is 0. The molecule has 0 amide bonds. The lowest BCUT2D eigenvalue weighted by Gasteiger charge is -2.05. The molecule has 0 bridgehead atoms. The van der Waals surface area contributed by atoms with Crippen molar-refractivity contribution >= 4 is 5.82 Å². The summed E-state index contributed by atoms with van der Waals surface area (Å²) in [6.07, 6.45) is 6.36. The number of hydrogen-bond acceptors (Lipinski definition) is 4. The van der Waals surface area contributed by atoms with Crippen molar-refractivity contribution in [2.75, 3.05) is 11.9 Å². The topological polar surface area (TPSA) is 55.6 Å². The Kier molecular flexibility index (Phi) is 3.14. The molecule has 0 aliphatic heterocycles. The average Bonchev–Trinajstić information content (AvgIpc) is 2.74. The van der Waals surface area contributed by atoms with Crippen molar-refractivity contribution in [2.24, 2.45) is 0 Å². The monoisotopic (exact) mass is 217 g/mol. The second-order valence-corrected chi connectivity index (χ2v) is 3.65. The van der Waals surface area contributed by atoms with Gasteiger partial charge in [0.05, 0.1) is 6.20 Å². The molecule has 1 N–H and O–H groups in total. The van der Waals surface area contributed by atoms with E-state index in [1.54, 1.807) is 17.2 Å².